The van der Waals surface area contributed by atoms with Crippen LogP contribution in [0, 0.1) is 11.3 Å². The standard InChI is InChI=1S/C19H14N6O/c20-8-12-3-4-15-14(6-12)19-16(11-22-15)24-17(25-19)7-18(26)23-10-13-2-1-5-21-9-13/h1-6,9,11H,7,10H2,(H,23,26)(H,24,25). The van der Waals surface area contributed by atoms with Gasteiger partial charge < -0.3 is 10.3 Å². The molecule has 0 radical (unpaired) electrons. The summed E-state index contributed by atoms with van der Waals surface area (Å²) in [6.07, 6.45) is 5.23. The van der Waals surface area contributed by atoms with E-state index in [2.05, 4.69) is 31.3 Å². The topological polar surface area (TPSA) is 107 Å². The lowest BCUT2D eigenvalue weighted by Gasteiger charge is -2.03. The van der Waals surface area contributed by atoms with E-state index in [9.17, 15) is 4.79 Å². The van der Waals surface area contributed by atoms with Crippen LogP contribution in [-0.4, -0.2) is 25.8 Å². The number of imidazole rings is 1. The Morgan fingerprint density at radius 1 is 1.27 bits per heavy atom. The fraction of sp³-hybridized carbons (Fsp3) is 0.105. The minimum Gasteiger partial charge on any atom is -0.352 e. The number of hydrogen-bond acceptors (Lipinski definition) is 5. The van der Waals surface area contributed by atoms with Gasteiger partial charge in [0.25, 0.3) is 0 Å². The molecule has 3 heterocycles. The Morgan fingerprint density at radius 3 is 3.00 bits per heavy atom. The third-order valence-electron chi connectivity index (χ3n) is 4.03. The molecule has 0 unspecified atom stereocenters. The largest absolute Gasteiger partial charge is 0.352 e. The highest BCUT2D eigenvalue weighted by Crippen LogP contribution is 2.22. The number of fused-ring (bicyclic) bond motifs is 3. The van der Waals surface area contributed by atoms with Crippen molar-refractivity contribution in [3.05, 3.63) is 65.9 Å². The van der Waals surface area contributed by atoms with Crippen molar-refractivity contribution in [1.82, 2.24) is 25.3 Å². The van der Waals surface area contributed by atoms with Gasteiger partial charge in [-0.15, -0.1) is 0 Å². The molecule has 0 bridgehead atoms. The molecule has 1 aromatic carbocycles. The molecule has 126 valence electrons. The first-order chi connectivity index (χ1) is 12.7. The maximum atomic E-state index is 12.2. The lowest BCUT2D eigenvalue weighted by atomic mass is 10.1. The second kappa shape index (κ2) is 6.61. The maximum absolute atomic E-state index is 12.2. The highest BCUT2D eigenvalue weighted by Gasteiger charge is 2.11. The third kappa shape index (κ3) is 3.08. The number of nitrogens with one attached hydrogen (secondary N) is 2. The lowest BCUT2D eigenvalue weighted by Crippen LogP contribution is -2.25. The Morgan fingerprint density at radius 2 is 2.19 bits per heavy atom. The van der Waals surface area contributed by atoms with Crippen LogP contribution in [0.5, 0.6) is 0 Å². The third-order valence-corrected chi connectivity index (χ3v) is 4.03. The molecule has 4 aromatic rings. The Hall–Kier alpha value is -3.79. The molecule has 26 heavy (non-hydrogen) atoms. The molecule has 0 aliphatic carbocycles. The molecular weight excluding hydrogens is 328 g/mol. The summed E-state index contributed by atoms with van der Waals surface area (Å²) in [4.78, 5) is 28.2. The number of amides is 1. The first-order valence-corrected chi connectivity index (χ1v) is 8.06. The minimum atomic E-state index is -0.136. The average molecular weight is 342 g/mol. The molecule has 3 aromatic heterocycles. The van der Waals surface area contributed by atoms with Gasteiger partial charge in [0.1, 0.15) is 5.82 Å². The first kappa shape index (κ1) is 15.7. The van der Waals surface area contributed by atoms with Crippen molar-refractivity contribution in [3.63, 3.8) is 0 Å². The number of hydrogen-bond donors (Lipinski definition) is 2. The van der Waals surface area contributed by atoms with E-state index < -0.39 is 0 Å². The normalized spacial score (nSPS) is 10.7. The van der Waals surface area contributed by atoms with E-state index in [4.69, 9.17) is 5.26 Å². The first-order valence-electron chi connectivity index (χ1n) is 8.06. The Labute approximate surface area is 148 Å². The van der Waals surface area contributed by atoms with Gasteiger partial charge in [-0.2, -0.15) is 5.26 Å². The number of carbonyl (C=O) groups is 1. The van der Waals surface area contributed by atoms with Crippen molar-refractivity contribution in [3.8, 4) is 6.07 Å². The van der Waals surface area contributed by atoms with Crippen LogP contribution < -0.4 is 5.32 Å². The van der Waals surface area contributed by atoms with E-state index in [1.807, 2.05) is 12.1 Å². The van der Waals surface area contributed by atoms with Gasteiger partial charge in [-0.05, 0) is 29.8 Å². The highest BCUT2D eigenvalue weighted by molar-refractivity contribution is 6.02. The van der Waals surface area contributed by atoms with Crippen LogP contribution >= 0.6 is 0 Å². The number of carbonyl (C=O) groups excluding carboxylic acids is 1. The Kier molecular flexibility index (Phi) is 4.00. The highest BCUT2D eigenvalue weighted by atomic mass is 16.1. The summed E-state index contributed by atoms with van der Waals surface area (Å²) in [7, 11) is 0. The predicted molar refractivity (Wildman–Crippen MR) is 95.9 cm³/mol. The average Bonchev–Trinajstić information content (AvgIpc) is 3.09. The van der Waals surface area contributed by atoms with E-state index >= 15 is 0 Å². The molecule has 0 saturated heterocycles. The predicted octanol–water partition coefficient (Wildman–Crippen LogP) is 2.24. The molecule has 0 aliphatic rings. The lowest BCUT2D eigenvalue weighted by molar-refractivity contribution is -0.120. The van der Waals surface area contributed by atoms with Gasteiger partial charge in [0.05, 0.1) is 40.8 Å². The van der Waals surface area contributed by atoms with Crippen molar-refractivity contribution in [2.75, 3.05) is 0 Å². The van der Waals surface area contributed by atoms with Gasteiger partial charge in [-0.25, -0.2) is 4.98 Å². The van der Waals surface area contributed by atoms with Gasteiger partial charge in [-0.1, -0.05) is 6.07 Å². The monoisotopic (exact) mass is 342 g/mol. The number of rotatable bonds is 4. The zero-order valence-corrected chi connectivity index (χ0v) is 13.7. The minimum absolute atomic E-state index is 0.133. The second-order valence-corrected chi connectivity index (χ2v) is 5.86. The molecule has 0 aliphatic heterocycles. The molecule has 7 nitrogen and oxygen atoms in total. The van der Waals surface area contributed by atoms with Crippen LogP contribution in [0.25, 0.3) is 21.9 Å². The SMILES string of the molecule is N#Cc1ccc2ncc3[nH]c(CC(=O)NCc4cccnc4)nc3c2c1. The fourth-order valence-electron chi connectivity index (χ4n) is 2.78. The summed E-state index contributed by atoms with van der Waals surface area (Å²) >= 11 is 0. The molecule has 0 atom stereocenters. The summed E-state index contributed by atoms with van der Waals surface area (Å²) in [5, 5.41) is 12.7. The van der Waals surface area contributed by atoms with Gasteiger partial charge in [0.15, 0.2) is 0 Å². The van der Waals surface area contributed by atoms with Gasteiger partial charge >= 0.3 is 0 Å². The molecule has 4 rings (SSSR count). The zero-order valence-electron chi connectivity index (χ0n) is 13.7. The van der Waals surface area contributed by atoms with Crippen LogP contribution in [0.15, 0.2) is 48.9 Å². The zero-order chi connectivity index (χ0) is 17.9. The van der Waals surface area contributed by atoms with E-state index in [-0.39, 0.29) is 12.3 Å². The van der Waals surface area contributed by atoms with Gasteiger partial charge in [0.2, 0.25) is 5.91 Å². The number of benzene rings is 1. The number of nitriles is 1. The maximum Gasteiger partial charge on any atom is 0.227 e. The van der Waals surface area contributed by atoms with Crippen molar-refractivity contribution in [1.29, 1.82) is 5.26 Å². The molecule has 7 heteroatoms. The molecule has 2 N–H and O–H groups in total. The molecular formula is C19H14N6O. The van der Waals surface area contributed by atoms with E-state index in [1.54, 1.807) is 36.8 Å². The smallest absolute Gasteiger partial charge is 0.227 e. The number of nitrogens with zero attached hydrogens (tertiary/aromatic N) is 4. The van der Waals surface area contributed by atoms with Crippen molar-refractivity contribution < 1.29 is 4.79 Å². The van der Waals surface area contributed by atoms with E-state index in [0.29, 0.717) is 23.4 Å². The summed E-state index contributed by atoms with van der Waals surface area (Å²) in [5.74, 6) is 0.420. The summed E-state index contributed by atoms with van der Waals surface area (Å²) in [5.41, 5.74) is 3.69. The van der Waals surface area contributed by atoms with Crippen LogP contribution in [-0.2, 0) is 17.8 Å². The summed E-state index contributed by atoms with van der Waals surface area (Å²) in [6, 6.07) is 11.1. The van der Waals surface area contributed by atoms with Crippen molar-refractivity contribution in [2.24, 2.45) is 0 Å². The number of aromatic amines is 1. The second-order valence-electron chi connectivity index (χ2n) is 5.86. The number of aromatic nitrogens is 4. The molecule has 1 amide bonds. The summed E-state index contributed by atoms with van der Waals surface area (Å²) in [6.45, 7) is 0.420. The van der Waals surface area contributed by atoms with Gasteiger partial charge in [-0.3, -0.25) is 14.8 Å². The molecule has 0 saturated carbocycles. The Balaban J connectivity index is 1.56. The molecule has 0 fully saturated rings. The molecule has 0 spiro atoms. The van der Waals surface area contributed by atoms with Crippen LogP contribution in [0.4, 0.5) is 0 Å². The Bertz CT molecular complexity index is 1140. The number of pyridine rings is 2. The van der Waals surface area contributed by atoms with E-state index in [0.717, 1.165) is 22.0 Å². The van der Waals surface area contributed by atoms with Crippen molar-refractivity contribution >= 4 is 27.8 Å². The van der Waals surface area contributed by atoms with Crippen LogP contribution in [0.3, 0.4) is 0 Å². The van der Waals surface area contributed by atoms with Crippen LogP contribution in [0.1, 0.15) is 17.0 Å². The van der Waals surface area contributed by atoms with Crippen LogP contribution in [0.2, 0.25) is 0 Å². The number of H-pyrrole nitrogens is 1. The summed E-state index contributed by atoms with van der Waals surface area (Å²) < 4.78 is 0. The fourth-order valence-corrected chi connectivity index (χ4v) is 2.78. The van der Waals surface area contributed by atoms with Gasteiger partial charge in [0, 0.05) is 24.3 Å². The quantitative estimate of drug-likeness (QED) is 0.591. The van der Waals surface area contributed by atoms with Crippen molar-refractivity contribution in [2.45, 2.75) is 13.0 Å². The van der Waals surface area contributed by atoms with E-state index in [1.165, 1.54) is 0 Å².